The Labute approximate surface area is 93.7 Å². The van der Waals surface area contributed by atoms with Gasteiger partial charge in [-0.25, -0.2) is 4.98 Å². The molecule has 0 spiro atoms. The molecule has 3 heterocycles. The molecule has 3 rings (SSSR count). The molecule has 3 heteroatoms. The predicted molar refractivity (Wildman–Crippen MR) is 64.3 cm³/mol. The molecule has 1 saturated heterocycles. The molecule has 15 heavy (non-hydrogen) atoms. The molecule has 78 valence electrons. The van der Waals surface area contributed by atoms with Gasteiger partial charge in [0.1, 0.15) is 5.65 Å². The van der Waals surface area contributed by atoms with Crippen LogP contribution in [0, 0.1) is 5.92 Å². The maximum Gasteiger partial charge on any atom is 0.136 e. The molecule has 1 fully saturated rings. The third kappa shape index (κ3) is 1.88. The Kier molecular flexibility index (Phi) is 2.41. The van der Waals surface area contributed by atoms with Crippen molar-refractivity contribution < 1.29 is 0 Å². The Morgan fingerprint density at radius 3 is 3.27 bits per heavy atom. The van der Waals surface area contributed by atoms with Crippen LogP contribution in [-0.2, 0) is 6.42 Å². The lowest BCUT2D eigenvalue weighted by atomic mass is 10.0. The van der Waals surface area contributed by atoms with E-state index in [1.54, 1.807) is 0 Å². The molecule has 1 aliphatic heterocycles. The van der Waals surface area contributed by atoms with Crippen LogP contribution in [-0.4, -0.2) is 20.9 Å². The molecule has 0 N–H and O–H groups in total. The highest BCUT2D eigenvalue weighted by molar-refractivity contribution is 7.99. The average molecular weight is 218 g/mol. The maximum absolute atomic E-state index is 4.63. The minimum Gasteiger partial charge on any atom is -0.307 e. The zero-order valence-corrected chi connectivity index (χ0v) is 9.41. The predicted octanol–water partition coefficient (Wildman–Crippen LogP) is 2.63. The van der Waals surface area contributed by atoms with Gasteiger partial charge >= 0.3 is 0 Å². The molecule has 2 aromatic heterocycles. The Morgan fingerprint density at radius 1 is 1.47 bits per heavy atom. The second kappa shape index (κ2) is 3.89. The van der Waals surface area contributed by atoms with Crippen molar-refractivity contribution in [2.75, 3.05) is 11.5 Å². The van der Waals surface area contributed by atoms with E-state index >= 15 is 0 Å². The van der Waals surface area contributed by atoms with Crippen molar-refractivity contribution in [3.8, 4) is 0 Å². The van der Waals surface area contributed by atoms with Gasteiger partial charge in [0, 0.05) is 12.4 Å². The SMILES string of the molecule is c1ccn2cc(CC3CCSC3)nc2c1. The molecule has 0 bridgehead atoms. The van der Waals surface area contributed by atoms with Gasteiger partial charge in [0.05, 0.1) is 5.69 Å². The summed E-state index contributed by atoms with van der Waals surface area (Å²) in [6, 6.07) is 6.15. The van der Waals surface area contributed by atoms with Crippen LogP contribution in [0.15, 0.2) is 30.6 Å². The van der Waals surface area contributed by atoms with Crippen molar-refractivity contribution in [2.45, 2.75) is 12.8 Å². The van der Waals surface area contributed by atoms with E-state index in [-0.39, 0.29) is 0 Å². The van der Waals surface area contributed by atoms with Crippen LogP contribution >= 0.6 is 11.8 Å². The van der Waals surface area contributed by atoms with Crippen LogP contribution < -0.4 is 0 Å². The van der Waals surface area contributed by atoms with E-state index in [9.17, 15) is 0 Å². The lowest BCUT2D eigenvalue weighted by Gasteiger charge is -2.03. The number of pyridine rings is 1. The molecule has 1 unspecified atom stereocenters. The van der Waals surface area contributed by atoms with Crippen molar-refractivity contribution in [3.05, 3.63) is 36.3 Å². The molecule has 1 aliphatic rings. The summed E-state index contributed by atoms with van der Waals surface area (Å²) in [5.74, 6) is 3.49. The van der Waals surface area contributed by atoms with Crippen LogP contribution in [0.3, 0.4) is 0 Å². The standard InChI is InChI=1S/C12H14N2S/c1-2-5-14-8-11(13-12(14)3-1)7-10-4-6-15-9-10/h1-3,5,8,10H,4,6-7,9H2. The van der Waals surface area contributed by atoms with Gasteiger partial charge < -0.3 is 4.40 Å². The minimum atomic E-state index is 0.847. The molecule has 0 aromatic carbocycles. The molecule has 1 atom stereocenters. The van der Waals surface area contributed by atoms with Crippen molar-refractivity contribution in [1.29, 1.82) is 0 Å². The van der Waals surface area contributed by atoms with E-state index in [4.69, 9.17) is 0 Å². The third-order valence-electron chi connectivity index (χ3n) is 2.94. The molecular weight excluding hydrogens is 204 g/mol. The topological polar surface area (TPSA) is 17.3 Å². The number of nitrogens with zero attached hydrogens (tertiary/aromatic N) is 2. The number of imidazole rings is 1. The quantitative estimate of drug-likeness (QED) is 0.771. The first-order chi connectivity index (χ1) is 7.42. The first-order valence-electron chi connectivity index (χ1n) is 5.42. The highest BCUT2D eigenvalue weighted by atomic mass is 32.2. The van der Waals surface area contributed by atoms with Gasteiger partial charge in [-0.1, -0.05) is 6.07 Å². The summed E-state index contributed by atoms with van der Waals surface area (Å²) in [7, 11) is 0. The molecule has 0 radical (unpaired) electrons. The molecule has 2 aromatic rings. The molecule has 0 saturated carbocycles. The lowest BCUT2D eigenvalue weighted by Crippen LogP contribution is -2.02. The lowest BCUT2D eigenvalue weighted by molar-refractivity contribution is 0.589. The van der Waals surface area contributed by atoms with Crippen molar-refractivity contribution in [2.24, 2.45) is 5.92 Å². The summed E-state index contributed by atoms with van der Waals surface area (Å²) < 4.78 is 2.11. The number of hydrogen-bond donors (Lipinski definition) is 0. The summed E-state index contributed by atoms with van der Waals surface area (Å²) >= 11 is 2.07. The van der Waals surface area contributed by atoms with E-state index in [0.29, 0.717) is 0 Å². The largest absolute Gasteiger partial charge is 0.307 e. The van der Waals surface area contributed by atoms with Gasteiger partial charge in [0.2, 0.25) is 0 Å². The summed E-state index contributed by atoms with van der Waals surface area (Å²) in [5.41, 5.74) is 2.31. The second-order valence-corrected chi connectivity index (χ2v) is 5.28. The smallest absolute Gasteiger partial charge is 0.136 e. The monoisotopic (exact) mass is 218 g/mol. The van der Waals surface area contributed by atoms with Gasteiger partial charge in [-0.3, -0.25) is 0 Å². The average Bonchev–Trinajstić information content (AvgIpc) is 2.86. The molecule has 0 aliphatic carbocycles. The Bertz CT molecular complexity index is 424. The first kappa shape index (κ1) is 9.28. The number of hydrogen-bond acceptors (Lipinski definition) is 2. The second-order valence-electron chi connectivity index (χ2n) is 4.13. The summed E-state index contributed by atoms with van der Waals surface area (Å²) in [6.45, 7) is 0. The van der Waals surface area contributed by atoms with Crippen molar-refractivity contribution in [1.82, 2.24) is 9.38 Å². The Morgan fingerprint density at radius 2 is 2.47 bits per heavy atom. The number of rotatable bonds is 2. The summed E-state index contributed by atoms with van der Waals surface area (Å²) in [4.78, 5) is 4.63. The number of fused-ring (bicyclic) bond motifs is 1. The fraction of sp³-hybridized carbons (Fsp3) is 0.417. The Hall–Kier alpha value is -0.960. The maximum atomic E-state index is 4.63. The molecule has 0 amide bonds. The molecule has 2 nitrogen and oxygen atoms in total. The van der Waals surface area contributed by atoms with Crippen molar-refractivity contribution >= 4 is 17.4 Å². The van der Waals surface area contributed by atoms with Gasteiger partial charge in [0.25, 0.3) is 0 Å². The highest BCUT2D eigenvalue weighted by Crippen LogP contribution is 2.26. The summed E-state index contributed by atoms with van der Waals surface area (Å²) in [6.07, 6.45) is 6.74. The van der Waals surface area contributed by atoms with E-state index in [1.165, 1.54) is 23.6 Å². The fourth-order valence-corrected chi connectivity index (χ4v) is 3.41. The Balaban J connectivity index is 1.84. The first-order valence-corrected chi connectivity index (χ1v) is 6.57. The fourth-order valence-electron chi connectivity index (χ4n) is 2.13. The van der Waals surface area contributed by atoms with Crippen LogP contribution in [0.25, 0.3) is 5.65 Å². The minimum absolute atomic E-state index is 0.847. The van der Waals surface area contributed by atoms with E-state index in [0.717, 1.165) is 18.0 Å². The normalized spacial score (nSPS) is 21.2. The van der Waals surface area contributed by atoms with E-state index < -0.39 is 0 Å². The zero-order valence-electron chi connectivity index (χ0n) is 8.60. The molecular formula is C12H14N2S. The third-order valence-corrected chi connectivity index (χ3v) is 4.17. The summed E-state index contributed by atoms with van der Waals surface area (Å²) in [5, 5.41) is 0. The van der Waals surface area contributed by atoms with Gasteiger partial charge in [0.15, 0.2) is 0 Å². The number of thioether (sulfide) groups is 1. The number of aromatic nitrogens is 2. The van der Waals surface area contributed by atoms with Crippen LogP contribution in [0.4, 0.5) is 0 Å². The van der Waals surface area contributed by atoms with Crippen LogP contribution in [0.5, 0.6) is 0 Å². The van der Waals surface area contributed by atoms with E-state index in [1.807, 2.05) is 12.1 Å². The zero-order chi connectivity index (χ0) is 10.1. The highest BCUT2D eigenvalue weighted by Gasteiger charge is 2.17. The van der Waals surface area contributed by atoms with E-state index in [2.05, 4.69) is 39.6 Å². The van der Waals surface area contributed by atoms with Gasteiger partial charge in [-0.2, -0.15) is 11.8 Å². The van der Waals surface area contributed by atoms with Crippen LogP contribution in [0.2, 0.25) is 0 Å². The van der Waals surface area contributed by atoms with Gasteiger partial charge in [-0.05, 0) is 42.4 Å². The van der Waals surface area contributed by atoms with Crippen molar-refractivity contribution in [3.63, 3.8) is 0 Å². The van der Waals surface area contributed by atoms with Crippen LogP contribution in [0.1, 0.15) is 12.1 Å². The van der Waals surface area contributed by atoms with Gasteiger partial charge in [-0.15, -0.1) is 0 Å².